The molecule has 0 aliphatic rings. The summed E-state index contributed by atoms with van der Waals surface area (Å²) in [7, 11) is 0. The van der Waals surface area contributed by atoms with E-state index in [0.29, 0.717) is 12.0 Å². The molecular weight excluding hydrogens is 376 g/mol. The Kier molecular flexibility index (Phi) is 6.43. The predicted molar refractivity (Wildman–Crippen MR) is 110 cm³/mol. The van der Waals surface area contributed by atoms with Gasteiger partial charge < -0.3 is 20.3 Å². The summed E-state index contributed by atoms with van der Waals surface area (Å²) in [6.45, 7) is 4.01. The number of aliphatic hydroxyl groups is 1. The summed E-state index contributed by atoms with van der Waals surface area (Å²) in [6, 6.07) is 8.55. The zero-order valence-corrected chi connectivity index (χ0v) is 16.7. The molecular formula is C20H24N4O3S. The number of hydrogen-bond acceptors (Lipinski definition) is 5. The number of carbonyl (C=O) groups is 2. The van der Waals surface area contributed by atoms with E-state index in [0.717, 1.165) is 15.3 Å². The number of aromatic nitrogens is 2. The first-order valence-electron chi connectivity index (χ1n) is 9.21. The number of thiazole rings is 1. The molecule has 0 saturated carbocycles. The number of benzene rings is 1. The number of hydrogen-bond donors (Lipinski definition) is 3. The van der Waals surface area contributed by atoms with Crippen molar-refractivity contribution in [1.29, 1.82) is 0 Å². The Hall–Kier alpha value is -2.71. The zero-order chi connectivity index (χ0) is 20.1. The van der Waals surface area contributed by atoms with Gasteiger partial charge in [0.2, 0.25) is 5.91 Å². The first-order chi connectivity index (χ1) is 13.5. The molecule has 0 aliphatic carbocycles. The van der Waals surface area contributed by atoms with Gasteiger partial charge >= 0.3 is 0 Å². The Labute approximate surface area is 167 Å². The fourth-order valence-corrected chi connectivity index (χ4v) is 3.84. The molecule has 3 N–H and O–H groups in total. The molecule has 148 valence electrons. The first kappa shape index (κ1) is 20.0. The third-order valence-corrected chi connectivity index (χ3v) is 5.24. The molecule has 1 atom stereocenters. The highest BCUT2D eigenvalue weighted by Crippen LogP contribution is 2.26. The van der Waals surface area contributed by atoms with E-state index < -0.39 is 6.04 Å². The van der Waals surface area contributed by atoms with Crippen molar-refractivity contribution in [2.45, 2.75) is 26.3 Å². The smallest absolute Gasteiger partial charge is 0.251 e. The van der Waals surface area contributed by atoms with Gasteiger partial charge in [-0.1, -0.05) is 25.2 Å². The van der Waals surface area contributed by atoms with Crippen molar-refractivity contribution >= 4 is 33.4 Å². The molecule has 0 spiro atoms. The summed E-state index contributed by atoms with van der Waals surface area (Å²) < 4.78 is 2.83. The van der Waals surface area contributed by atoms with Crippen LogP contribution in [0.5, 0.6) is 0 Å². The van der Waals surface area contributed by atoms with Gasteiger partial charge in [-0.2, -0.15) is 0 Å². The molecule has 0 saturated heterocycles. The normalized spacial score (nSPS) is 12.3. The van der Waals surface area contributed by atoms with Crippen LogP contribution in [-0.2, 0) is 4.79 Å². The van der Waals surface area contributed by atoms with Crippen molar-refractivity contribution in [3.05, 3.63) is 48.3 Å². The minimum atomic E-state index is -0.647. The van der Waals surface area contributed by atoms with Gasteiger partial charge in [0.15, 0.2) is 5.13 Å². The number of nitrogens with one attached hydrogen (secondary N) is 2. The van der Waals surface area contributed by atoms with E-state index >= 15 is 0 Å². The summed E-state index contributed by atoms with van der Waals surface area (Å²) in [5.41, 5.74) is 1.31. The molecule has 0 radical (unpaired) electrons. The molecule has 28 heavy (non-hydrogen) atoms. The van der Waals surface area contributed by atoms with E-state index in [9.17, 15) is 9.59 Å². The third-order valence-electron chi connectivity index (χ3n) is 4.20. The molecule has 3 rings (SSSR count). The molecule has 3 aromatic rings. The lowest BCUT2D eigenvalue weighted by atomic mass is 10.0. The number of nitrogens with zero attached hydrogens (tertiary/aromatic N) is 2. The fourth-order valence-electron chi connectivity index (χ4n) is 2.87. The maximum atomic E-state index is 12.7. The molecule has 7 nitrogen and oxygen atoms in total. The van der Waals surface area contributed by atoms with Crippen LogP contribution >= 0.6 is 11.3 Å². The number of amides is 2. The van der Waals surface area contributed by atoms with E-state index in [2.05, 4.69) is 15.6 Å². The molecule has 0 aliphatic heterocycles. The summed E-state index contributed by atoms with van der Waals surface area (Å²) >= 11 is 1.50. The molecule has 0 fully saturated rings. The van der Waals surface area contributed by atoms with Crippen molar-refractivity contribution in [2.75, 3.05) is 13.2 Å². The standard InChI is InChI=1S/C20H24N4O3S/c1-13(2)11-16(19(27)21-7-10-25)22-18(26)14-5-6-15-17(12-14)28-20(23-15)24-8-3-4-9-24/h3-6,8-9,12-13,16,25H,7,10-11H2,1-2H3,(H,21,27)(H,22,26)/t16-/m1/s1. The van der Waals surface area contributed by atoms with Gasteiger partial charge in [-0.15, -0.1) is 0 Å². The molecule has 0 unspecified atom stereocenters. The predicted octanol–water partition coefficient (Wildman–Crippen LogP) is 2.34. The van der Waals surface area contributed by atoms with Crippen LogP contribution in [0.2, 0.25) is 0 Å². The fraction of sp³-hybridized carbons (Fsp3) is 0.350. The summed E-state index contributed by atoms with van der Waals surface area (Å²) in [4.78, 5) is 29.6. The van der Waals surface area contributed by atoms with E-state index in [-0.39, 0.29) is 30.9 Å². The second-order valence-electron chi connectivity index (χ2n) is 6.94. The van der Waals surface area contributed by atoms with E-state index in [1.165, 1.54) is 11.3 Å². The van der Waals surface area contributed by atoms with Crippen molar-refractivity contribution < 1.29 is 14.7 Å². The summed E-state index contributed by atoms with van der Waals surface area (Å²) in [6.07, 6.45) is 4.36. The van der Waals surface area contributed by atoms with Crippen LogP contribution in [0.1, 0.15) is 30.6 Å². The molecule has 8 heteroatoms. The van der Waals surface area contributed by atoms with Gasteiger partial charge in [-0.25, -0.2) is 4.98 Å². The van der Waals surface area contributed by atoms with Crippen LogP contribution in [-0.4, -0.2) is 45.7 Å². The highest BCUT2D eigenvalue weighted by molar-refractivity contribution is 7.20. The average molecular weight is 401 g/mol. The Balaban J connectivity index is 1.77. The lowest BCUT2D eigenvalue weighted by Crippen LogP contribution is -2.48. The second kappa shape index (κ2) is 8.99. The second-order valence-corrected chi connectivity index (χ2v) is 7.95. The first-order valence-corrected chi connectivity index (χ1v) is 10.0. The summed E-state index contributed by atoms with van der Waals surface area (Å²) in [5, 5.41) is 15.2. The van der Waals surface area contributed by atoms with Gasteiger partial charge in [-0.05, 0) is 42.7 Å². The van der Waals surface area contributed by atoms with Crippen molar-refractivity contribution in [3.8, 4) is 5.13 Å². The van der Waals surface area contributed by atoms with Gasteiger partial charge in [0.1, 0.15) is 6.04 Å². The lowest BCUT2D eigenvalue weighted by molar-refractivity contribution is -0.123. The maximum Gasteiger partial charge on any atom is 0.251 e. The van der Waals surface area contributed by atoms with E-state index in [4.69, 9.17) is 5.11 Å². The highest BCUT2D eigenvalue weighted by atomic mass is 32.1. The minimum absolute atomic E-state index is 0.139. The summed E-state index contributed by atoms with van der Waals surface area (Å²) in [5.74, 6) is -0.356. The van der Waals surface area contributed by atoms with E-state index in [1.54, 1.807) is 12.1 Å². The zero-order valence-electron chi connectivity index (χ0n) is 15.9. The number of carbonyl (C=O) groups excluding carboxylic acids is 2. The van der Waals surface area contributed by atoms with Gasteiger partial charge in [0, 0.05) is 24.5 Å². The largest absolute Gasteiger partial charge is 0.395 e. The van der Waals surface area contributed by atoms with Crippen molar-refractivity contribution in [3.63, 3.8) is 0 Å². The lowest BCUT2D eigenvalue weighted by Gasteiger charge is -2.20. The molecule has 1 aromatic carbocycles. The molecule has 0 bridgehead atoms. The van der Waals surface area contributed by atoms with Crippen LogP contribution < -0.4 is 10.6 Å². The van der Waals surface area contributed by atoms with Crippen LogP contribution in [0, 0.1) is 5.92 Å². The van der Waals surface area contributed by atoms with Crippen LogP contribution in [0.25, 0.3) is 15.3 Å². The topological polar surface area (TPSA) is 96.2 Å². The Morgan fingerprint density at radius 2 is 2.00 bits per heavy atom. The maximum absolute atomic E-state index is 12.7. The van der Waals surface area contributed by atoms with Gasteiger partial charge in [-0.3, -0.25) is 9.59 Å². The van der Waals surface area contributed by atoms with Gasteiger partial charge in [0.05, 0.1) is 16.8 Å². The highest BCUT2D eigenvalue weighted by Gasteiger charge is 2.22. The monoisotopic (exact) mass is 400 g/mol. The molecule has 2 amide bonds. The number of rotatable bonds is 8. The third kappa shape index (κ3) is 4.76. The average Bonchev–Trinajstić information content (AvgIpc) is 3.33. The molecule has 2 heterocycles. The Morgan fingerprint density at radius 3 is 2.68 bits per heavy atom. The molecule has 2 aromatic heterocycles. The van der Waals surface area contributed by atoms with Crippen LogP contribution in [0.3, 0.4) is 0 Å². The SMILES string of the molecule is CC(C)C[C@@H](NC(=O)c1ccc2nc(-n3cccc3)sc2c1)C(=O)NCCO. The van der Waals surface area contributed by atoms with Crippen molar-refractivity contribution in [2.24, 2.45) is 5.92 Å². The Bertz CT molecular complexity index is 950. The van der Waals surface area contributed by atoms with E-state index in [1.807, 2.05) is 49.0 Å². The van der Waals surface area contributed by atoms with Gasteiger partial charge in [0.25, 0.3) is 5.91 Å². The van der Waals surface area contributed by atoms with Crippen LogP contribution in [0.4, 0.5) is 0 Å². The Morgan fingerprint density at radius 1 is 1.25 bits per heavy atom. The number of fused-ring (bicyclic) bond motifs is 1. The van der Waals surface area contributed by atoms with Crippen molar-refractivity contribution in [1.82, 2.24) is 20.2 Å². The minimum Gasteiger partial charge on any atom is -0.395 e. The van der Waals surface area contributed by atoms with Crippen LogP contribution in [0.15, 0.2) is 42.7 Å². The number of aliphatic hydroxyl groups excluding tert-OH is 1. The quantitative estimate of drug-likeness (QED) is 0.541.